The average molecular weight is 204 g/mol. The summed E-state index contributed by atoms with van der Waals surface area (Å²) in [5, 5.41) is 10.5. The summed E-state index contributed by atoms with van der Waals surface area (Å²) in [5.74, 6) is 0.399. The predicted molar refractivity (Wildman–Crippen MR) is 53.3 cm³/mol. The van der Waals surface area contributed by atoms with Crippen LogP contribution in [0.3, 0.4) is 0 Å². The summed E-state index contributed by atoms with van der Waals surface area (Å²) >= 11 is 0. The molecule has 0 unspecified atom stereocenters. The number of rotatable bonds is 2. The molecule has 2 rings (SSSR count). The topological polar surface area (TPSA) is 69.2 Å². The van der Waals surface area contributed by atoms with Crippen LogP contribution in [-0.4, -0.2) is 9.91 Å². The lowest BCUT2D eigenvalue weighted by Crippen LogP contribution is -1.88. The van der Waals surface area contributed by atoms with Crippen LogP contribution in [0.1, 0.15) is 5.69 Å². The zero-order valence-electron chi connectivity index (χ0n) is 8.01. The molecule has 0 aliphatic heterocycles. The Balaban J connectivity index is 2.45. The minimum Gasteiger partial charge on any atom is -0.444 e. The second-order valence-corrected chi connectivity index (χ2v) is 3.10. The highest BCUT2D eigenvalue weighted by Gasteiger charge is 2.10. The molecule has 0 N–H and O–H groups in total. The van der Waals surface area contributed by atoms with Crippen molar-refractivity contribution in [1.82, 2.24) is 4.98 Å². The molecular weight excluding hydrogens is 196 g/mol. The highest BCUT2D eigenvalue weighted by Crippen LogP contribution is 2.22. The van der Waals surface area contributed by atoms with Gasteiger partial charge in [-0.25, -0.2) is 4.98 Å². The Morgan fingerprint density at radius 1 is 1.47 bits per heavy atom. The summed E-state index contributed by atoms with van der Waals surface area (Å²) in [7, 11) is 0. The lowest BCUT2D eigenvalue weighted by Gasteiger charge is -1.94. The Bertz CT molecular complexity index is 505. The summed E-state index contributed by atoms with van der Waals surface area (Å²) in [6, 6.07) is 6.19. The van der Waals surface area contributed by atoms with Crippen molar-refractivity contribution in [3.05, 3.63) is 46.3 Å². The van der Waals surface area contributed by atoms with Gasteiger partial charge in [0, 0.05) is 17.7 Å². The first-order valence-corrected chi connectivity index (χ1v) is 4.34. The van der Waals surface area contributed by atoms with Crippen LogP contribution in [0, 0.1) is 17.0 Å². The molecule has 15 heavy (non-hydrogen) atoms. The van der Waals surface area contributed by atoms with E-state index in [-0.39, 0.29) is 5.69 Å². The molecule has 5 heteroatoms. The smallest absolute Gasteiger partial charge is 0.270 e. The van der Waals surface area contributed by atoms with Crippen molar-refractivity contribution >= 4 is 5.69 Å². The van der Waals surface area contributed by atoms with E-state index in [2.05, 4.69) is 4.98 Å². The summed E-state index contributed by atoms with van der Waals surface area (Å²) in [4.78, 5) is 14.2. The number of hydrogen-bond acceptors (Lipinski definition) is 4. The van der Waals surface area contributed by atoms with Gasteiger partial charge in [-0.2, -0.15) is 0 Å². The van der Waals surface area contributed by atoms with Gasteiger partial charge in [0.05, 0.1) is 10.6 Å². The van der Waals surface area contributed by atoms with Crippen LogP contribution in [0.2, 0.25) is 0 Å². The Hall–Kier alpha value is -2.17. The Labute approximate surface area is 85.5 Å². The van der Waals surface area contributed by atoms with E-state index in [0.717, 1.165) is 5.69 Å². The van der Waals surface area contributed by atoms with Crippen molar-refractivity contribution in [2.24, 2.45) is 0 Å². The molecule has 0 atom stereocenters. The van der Waals surface area contributed by atoms with Gasteiger partial charge in [0.15, 0.2) is 0 Å². The molecule has 0 amide bonds. The summed E-state index contributed by atoms with van der Waals surface area (Å²) in [6.07, 6.45) is 1.51. The number of nitro benzene ring substituents is 1. The minimum atomic E-state index is -0.445. The van der Waals surface area contributed by atoms with Gasteiger partial charge in [-0.1, -0.05) is 6.07 Å². The highest BCUT2D eigenvalue weighted by atomic mass is 16.6. The molecule has 0 saturated carbocycles. The Kier molecular flexibility index (Phi) is 2.21. The number of aryl methyl sites for hydroxylation is 1. The van der Waals surface area contributed by atoms with Gasteiger partial charge < -0.3 is 4.42 Å². The molecule has 1 heterocycles. The largest absolute Gasteiger partial charge is 0.444 e. The molecular formula is C10H8N2O3. The van der Waals surface area contributed by atoms with Gasteiger partial charge in [-0.3, -0.25) is 10.1 Å². The molecule has 0 bridgehead atoms. The van der Waals surface area contributed by atoms with Gasteiger partial charge in [0.1, 0.15) is 6.26 Å². The number of oxazole rings is 1. The van der Waals surface area contributed by atoms with E-state index in [4.69, 9.17) is 4.42 Å². The summed E-state index contributed by atoms with van der Waals surface area (Å²) in [6.45, 7) is 1.80. The van der Waals surface area contributed by atoms with Crippen molar-refractivity contribution in [3.63, 3.8) is 0 Å². The zero-order valence-corrected chi connectivity index (χ0v) is 8.01. The van der Waals surface area contributed by atoms with Crippen molar-refractivity contribution in [2.75, 3.05) is 0 Å². The molecule has 1 aromatic carbocycles. The van der Waals surface area contributed by atoms with Crippen LogP contribution in [0.5, 0.6) is 0 Å². The quantitative estimate of drug-likeness (QED) is 0.556. The first-order chi connectivity index (χ1) is 7.16. The molecule has 0 aliphatic carbocycles. The maximum Gasteiger partial charge on any atom is 0.270 e. The predicted octanol–water partition coefficient (Wildman–Crippen LogP) is 2.56. The third-order valence-electron chi connectivity index (χ3n) is 1.92. The third kappa shape index (κ3) is 1.85. The van der Waals surface area contributed by atoms with Gasteiger partial charge in [-0.05, 0) is 13.0 Å². The number of benzene rings is 1. The van der Waals surface area contributed by atoms with E-state index in [1.54, 1.807) is 19.1 Å². The standard InChI is InChI=1S/C10H8N2O3/c1-7-6-15-10(11-7)8-3-2-4-9(5-8)12(13)14/h2-6H,1H3. The van der Waals surface area contributed by atoms with E-state index in [9.17, 15) is 10.1 Å². The van der Waals surface area contributed by atoms with Crippen molar-refractivity contribution in [3.8, 4) is 11.5 Å². The van der Waals surface area contributed by atoms with Gasteiger partial charge >= 0.3 is 0 Å². The SMILES string of the molecule is Cc1coc(-c2cccc([N+](=O)[O-])c2)n1. The van der Waals surface area contributed by atoms with E-state index in [0.29, 0.717) is 11.5 Å². The molecule has 0 fully saturated rings. The number of non-ortho nitro benzene ring substituents is 1. The molecule has 0 spiro atoms. The van der Waals surface area contributed by atoms with Crippen LogP contribution in [0.4, 0.5) is 5.69 Å². The Morgan fingerprint density at radius 2 is 2.27 bits per heavy atom. The number of hydrogen-bond donors (Lipinski definition) is 0. The molecule has 0 saturated heterocycles. The van der Waals surface area contributed by atoms with E-state index < -0.39 is 4.92 Å². The molecule has 1 aromatic heterocycles. The zero-order chi connectivity index (χ0) is 10.8. The fourth-order valence-corrected chi connectivity index (χ4v) is 1.24. The first-order valence-electron chi connectivity index (χ1n) is 4.34. The van der Waals surface area contributed by atoms with Crippen LogP contribution in [0.15, 0.2) is 34.9 Å². The third-order valence-corrected chi connectivity index (χ3v) is 1.92. The van der Waals surface area contributed by atoms with E-state index >= 15 is 0 Å². The maximum absolute atomic E-state index is 10.5. The lowest BCUT2D eigenvalue weighted by atomic mass is 10.2. The normalized spacial score (nSPS) is 10.2. The molecule has 0 radical (unpaired) electrons. The van der Waals surface area contributed by atoms with Crippen LogP contribution in [0.25, 0.3) is 11.5 Å². The molecule has 5 nitrogen and oxygen atoms in total. The highest BCUT2D eigenvalue weighted by molar-refractivity contribution is 5.57. The minimum absolute atomic E-state index is 0.0309. The maximum atomic E-state index is 10.5. The van der Waals surface area contributed by atoms with E-state index in [1.165, 1.54) is 18.4 Å². The Morgan fingerprint density at radius 3 is 2.87 bits per heavy atom. The lowest BCUT2D eigenvalue weighted by molar-refractivity contribution is -0.384. The number of nitro groups is 1. The van der Waals surface area contributed by atoms with Gasteiger partial charge in [0.25, 0.3) is 5.69 Å². The van der Waals surface area contributed by atoms with Crippen LogP contribution < -0.4 is 0 Å². The fraction of sp³-hybridized carbons (Fsp3) is 0.100. The van der Waals surface area contributed by atoms with E-state index in [1.807, 2.05) is 0 Å². The first kappa shape index (κ1) is 9.39. The average Bonchev–Trinajstić information content (AvgIpc) is 2.65. The number of aromatic nitrogens is 1. The molecule has 2 aromatic rings. The van der Waals surface area contributed by atoms with Gasteiger partial charge in [-0.15, -0.1) is 0 Å². The second kappa shape index (κ2) is 3.53. The summed E-state index contributed by atoms with van der Waals surface area (Å²) in [5.41, 5.74) is 1.39. The molecule has 0 aliphatic rings. The van der Waals surface area contributed by atoms with Crippen molar-refractivity contribution in [1.29, 1.82) is 0 Å². The fourth-order valence-electron chi connectivity index (χ4n) is 1.24. The summed E-state index contributed by atoms with van der Waals surface area (Å²) < 4.78 is 5.15. The van der Waals surface area contributed by atoms with Crippen molar-refractivity contribution < 1.29 is 9.34 Å². The van der Waals surface area contributed by atoms with Crippen LogP contribution >= 0.6 is 0 Å². The molecule has 76 valence electrons. The van der Waals surface area contributed by atoms with Gasteiger partial charge in [0.2, 0.25) is 5.89 Å². The number of nitrogens with zero attached hydrogens (tertiary/aromatic N) is 2. The van der Waals surface area contributed by atoms with Crippen molar-refractivity contribution in [2.45, 2.75) is 6.92 Å². The van der Waals surface area contributed by atoms with Crippen LogP contribution in [-0.2, 0) is 0 Å². The second-order valence-electron chi connectivity index (χ2n) is 3.10. The monoisotopic (exact) mass is 204 g/mol.